The molecule has 3 N–H and O–H groups in total. The van der Waals surface area contributed by atoms with Crippen molar-refractivity contribution in [1.82, 2.24) is 20.5 Å². The van der Waals surface area contributed by atoms with Gasteiger partial charge in [0.25, 0.3) is 0 Å². The van der Waals surface area contributed by atoms with Gasteiger partial charge in [0.05, 0.1) is 0 Å². The maximum absolute atomic E-state index is 4.35. The largest absolute Gasteiger partial charge is 0.370 e. The third-order valence-electron chi connectivity index (χ3n) is 4.99. The Balaban J connectivity index is 0.00000364. The lowest BCUT2D eigenvalue weighted by molar-refractivity contribution is 0.0982. The number of guanidine groups is 1. The van der Waals surface area contributed by atoms with Gasteiger partial charge in [0.1, 0.15) is 5.82 Å². The maximum Gasteiger partial charge on any atom is 0.191 e. The van der Waals surface area contributed by atoms with E-state index < -0.39 is 0 Å². The molecule has 0 aliphatic carbocycles. The molecule has 27 heavy (non-hydrogen) atoms. The van der Waals surface area contributed by atoms with Crippen molar-refractivity contribution in [2.24, 2.45) is 4.99 Å². The SMILES string of the molecule is CN=C(NCCCCNc1ccccn1)NCC(C)(C)N1CCCCC1.I. The molecule has 0 atom stereocenters. The van der Waals surface area contributed by atoms with E-state index in [0.29, 0.717) is 0 Å². The van der Waals surface area contributed by atoms with Crippen LogP contribution >= 0.6 is 24.0 Å². The second-order valence-electron chi connectivity index (χ2n) is 7.56. The van der Waals surface area contributed by atoms with Gasteiger partial charge in [-0.1, -0.05) is 12.5 Å². The Morgan fingerprint density at radius 2 is 1.85 bits per heavy atom. The number of hydrogen-bond acceptors (Lipinski definition) is 4. The average Bonchev–Trinajstić information content (AvgIpc) is 2.68. The number of rotatable bonds is 9. The molecule has 2 rings (SSSR count). The molecule has 1 saturated heterocycles. The first kappa shape index (κ1) is 23.9. The standard InChI is InChI=1S/C20H36N6.HI/c1-20(2,26-15-9-4-10-16-26)17-25-19(21-3)24-14-8-7-13-23-18-11-5-6-12-22-18;/h5-6,11-12H,4,7-10,13-17H2,1-3H3,(H,22,23)(H2,21,24,25);1H. The highest BCUT2D eigenvalue weighted by molar-refractivity contribution is 14.0. The zero-order valence-electron chi connectivity index (χ0n) is 17.1. The molecule has 1 aromatic rings. The van der Waals surface area contributed by atoms with Crippen LogP contribution in [0.5, 0.6) is 0 Å². The molecule has 0 aromatic carbocycles. The minimum absolute atomic E-state index is 0. The molecule has 7 heteroatoms. The number of halogens is 1. The van der Waals surface area contributed by atoms with Crippen molar-refractivity contribution in [3.05, 3.63) is 24.4 Å². The lowest BCUT2D eigenvalue weighted by atomic mass is 9.98. The smallest absolute Gasteiger partial charge is 0.191 e. The summed E-state index contributed by atoms with van der Waals surface area (Å²) in [5.41, 5.74) is 0.157. The Hall–Kier alpha value is -1.09. The molecule has 1 aliphatic heterocycles. The number of aliphatic imine (C=N–C) groups is 1. The molecule has 0 spiro atoms. The van der Waals surface area contributed by atoms with Crippen LogP contribution in [0.4, 0.5) is 5.82 Å². The monoisotopic (exact) mass is 488 g/mol. The number of likely N-dealkylation sites (tertiary alicyclic amines) is 1. The number of unbranched alkanes of at least 4 members (excludes halogenated alkanes) is 1. The van der Waals surface area contributed by atoms with Crippen molar-refractivity contribution in [3.63, 3.8) is 0 Å². The first-order valence-electron chi connectivity index (χ1n) is 9.96. The van der Waals surface area contributed by atoms with Gasteiger partial charge in [-0.15, -0.1) is 24.0 Å². The molecule has 1 aliphatic rings. The Kier molecular flexibility index (Phi) is 11.7. The summed E-state index contributed by atoms with van der Waals surface area (Å²) >= 11 is 0. The topological polar surface area (TPSA) is 64.6 Å². The lowest BCUT2D eigenvalue weighted by Crippen LogP contribution is -2.54. The lowest BCUT2D eigenvalue weighted by Gasteiger charge is -2.41. The Bertz CT molecular complexity index is 529. The highest BCUT2D eigenvalue weighted by Gasteiger charge is 2.27. The number of anilines is 1. The van der Waals surface area contributed by atoms with Crippen molar-refractivity contribution >= 4 is 35.8 Å². The zero-order chi connectivity index (χ0) is 18.7. The molecular formula is C20H37IN6. The third-order valence-corrected chi connectivity index (χ3v) is 4.99. The van der Waals surface area contributed by atoms with Gasteiger partial charge in [-0.2, -0.15) is 0 Å². The molecule has 0 saturated carbocycles. The summed E-state index contributed by atoms with van der Waals surface area (Å²) in [5, 5.41) is 10.3. The Morgan fingerprint density at radius 1 is 1.11 bits per heavy atom. The van der Waals surface area contributed by atoms with Crippen LogP contribution in [0.15, 0.2) is 29.4 Å². The first-order chi connectivity index (χ1) is 12.6. The van der Waals surface area contributed by atoms with Crippen LogP contribution in [0.1, 0.15) is 46.0 Å². The van der Waals surface area contributed by atoms with Gasteiger partial charge >= 0.3 is 0 Å². The molecule has 0 amide bonds. The van der Waals surface area contributed by atoms with Gasteiger partial charge in [0.15, 0.2) is 5.96 Å². The van der Waals surface area contributed by atoms with Crippen LogP contribution in [-0.4, -0.2) is 61.2 Å². The van der Waals surface area contributed by atoms with Gasteiger partial charge in [-0.3, -0.25) is 9.89 Å². The third kappa shape index (κ3) is 9.10. The van der Waals surface area contributed by atoms with E-state index in [1.807, 2.05) is 31.4 Å². The summed E-state index contributed by atoms with van der Waals surface area (Å²) in [4.78, 5) is 11.2. The summed E-state index contributed by atoms with van der Waals surface area (Å²) in [6.45, 7) is 9.84. The molecule has 154 valence electrons. The quantitative estimate of drug-likeness (QED) is 0.216. The van der Waals surface area contributed by atoms with Crippen LogP contribution < -0.4 is 16.0 Å². The molecule has 1 aromatic heterocycles. The summed E-state index contributed by atoms with van der Waals surface area (Å²) in [6.07, 6.45) is 8.02. The van der Waals surface area contributed by atoms with E-state index in [-0.39, 0.29) is 29.5 Å². The zero-order valence-corrected chi connectivity index (χ0v) is 19.5. The van der Waals surface area contributed by atoms with E-state index in [0.717, 1.165) is 44.3 Å². The van der Waals surface area contributed by atoms with E-state index in [1.165, 1.54) is 32.4 Å². The van der Waals surface area contributed by atoms with Crippen molar-refractivity contribution in [2.75, 3.05) is 45.1 Å². The van der Waals surface area contributed by atoms with Crippen LogP contribution in [0.3, 0.4) is 0 Å². The normalized spacial score (nSPS) is 15.7. The second-order valence-corrected chi connectivity index (χ2v) is 7.56. The minimum atomic E-state index is 0. The Labute approximate surface area is 182 Å². The van der Waals surface area contributed by atoms with Crippen molar-refractivity contribution < 1.29 is 0 Å². The van der Waals surface area contributed by atoms with Gasteiger partial charge in [-0.05, 0) is 64.8 Å². The predicted molar refractivity (Wildman–Crippen MR) is 126 cm³/mol. The van der Waals surface area contributed by atoms with E-state index in [1.54, 1.807) is 0 Å². The van der Waals surface area contributed by atoms with E-state index in [4.69, 9.17) is 0 Å². The number of aromatic nitrogens is 1. The van der Waals surface area contributed by atoms with E-state index in [9.17, 15) is 0 Å². The van der Waals surface area contributed by atoms with Crippen molar-refractivity contribution in [1.29, 1.82) is 0 Å². The number of nitrogens with zero attached hydrogens (tertiary/aromatic N) is 3. The number of pyridine rings is 1. The number of nitrogens with one attached hydrogen (secondary N) is 3. The van der Waals surface area contributed by atoms with Crippen LogP contribution in [0.2, 0.25) is 0 Å². The summed E-state index contributed by atoms with van der Waals surface area (Å²) in [6, 6.07) is 5.92. The maximum atomic E-state index is 4.35. The van der Waals surface area contributed by atoms with E-state index in [2.05, 4.69) is 44.7 Å². The fourth-order valence-corrected chi connectivity index (χ4v) is 3.27. The average molecular weight is 488 g/mol. The number of hydrogen-bond donors (Lipinski definition) is 3. The van der Waals surface area contributed by atoms with Crippen molar-refractivity contribution in [2.45, 2.75) is 51.5 Å². The van der Waals surface area contributed by atoms with Gasteiger partial charge < -0.3 is 16.0 Å². The molecule has 0 bridgehead atoms. The highest BCUT2D eigenvalue weighted by Crippen LogP contribution is 2.19. The Morgan fingerprint density at radius 3 is 2.52 bits per heavy atom. The summed E-state index contributed by atoms with van der Waals surface area (Å²) < 4.78 is 0. The van der Waals surface area contributed by atoms with Crippen LogP contribution in [0, 0.1) is 0 Å². The fraction of sp³-hybridized carbons (Fsp3) is 0.700. The molecule has 2 heterocycles. The summed E-state index contributed by atoms with van der Waals surface area (Å²) in [7, 11) is 1.84. The van der Waals surface area contributed by atoms with Crippen molar-refractivity contribution in [3.8, 4) is 0 Å². The summed E-state index contributed by atoms with van der Waals surface area (Å²) in [5.74, 6) is 1.84. The number of piperidine rings is 1. The minimum Gasteiger partial charge on any atom is -0.370 e. The second kappa shape index (κ2) is 13.1. The predicted octanol–water partition coefficient (Wildman–Crippen LogP) is 3.32. The van der Waals surface area contributed by atoms with Gasteiger partial charge in [0, 0.05) is 38.4 Å². The van der Waals surface area contributed by atoms with Gasteiger partial charge in [-0.25, -0.2) is 4.98 Å². The van der Waals surface area contributed by atoms with Crippen LogP contribution in [-0.2, 0) is 0 Å². The molecule has 0 unspecified atom stereocenters. The molecular weight excluding hydrogens is 451 g/mol. The fourth-order valence-electron chi connectivity index (χ4n) is 3.27. The first-order valence-corrected chi connectivity index (χ1v) is 9.96. The van der Waals surface area contributed by atoms with E-state index >= 15 is 0 Å². The highest BCUT2D eigenvalue weighted by atomic mass is 127. The molecule has 0 radical (unpaired) electrons. The van der Waals surface area contributed by atoms with Gasteiger partial charge in [0.2, 0.25) is 0 Å². The molecule has 1 fully saturated rings. The molecule has 6 nitrogen and oxygen atoms in total. The van der Waals surface area contributed by atoms with Crippen LogP contribution in [0.25, 0.3) is 0 Å².